The highest BCUT2D eigenvalue weighted by Crippen LogP contribution is 2.23. The molecule has 0 bridgehead atoms. The fraction of sp³-hybridized carbons (Fsp3) is 0.231. The third kappa shape index (κ3) is 5.82. The minimum Gasteiger partial charge on any atom is -0.494 e. The van der Waals surface area contributed by atoms with Crippen molar-refractivity contribution >= 4 is 33.3 Å². The Morgan fingerprint density at radius 3 is 2.66 bits per heavy atom. The van der Waals surface area contributed by atoms with Crippen molar-refractivity contribution < 1.29 is 24.2 Å². The summed E-state index contributed by atoms with van der Waals surface area (Å²) in [5.74, 6) is -0.0471. The Hall–Kier alpha value is -3.82. The van der Waals surface area contributed by atoms with Gasteiger partial charge in [-0.05, 0) is 48.7 Å². The van der Waals surface area contributed by atoms with Crippen LogP contribution in [0.15, 0.2) is 58.7 Å². The van der Waals surface area contributed by atoms with Crippen LogP contribution in [0.1, 0.15) is 51.0 Å². The van der Waals surface area contributed by atoms with Crippen molar-refractivity contribution in [1.29, 1.82) is 0 Å². The molecule has 0 radical (unpaired) electrons. The number of hydrogen-bond acceptors (Lipinski definition) is 8. The summed E-state index contributed by atoms with van der Waals surface area (Å²) in [6.07, 6.45) is 0.682. The molecule has 2 aromatic carbocycles. The van der Waals surface area contributed by atoms with Crippen LogP contribution in [0, 0.1) is 0 Å². The van der Waals surface area contributed by atoms with Crippen LogP contribution in [0.4, 0.5) is 0 Å². The summed E-state index contributed by atoms with van der Waals surface area (Å²) < 4.78 is 10.8. The highest BCUT2D eigenvalue weighted by molar-refractivity contribution is 7.16. The van der Waals surface area contributed by atoms with Crippen LogP contribution in [-0.2, 0) is 24.4 Å². The SMILES string of the molecule is CCOc1cccc(CCC(=O)c2nc3scc(COC(=O)c4ccc(CO)cc4)c3c(=O)[nH]2)c1. The Labute approximate surface area is 205 Å². The summed E-state index contributed by atoms with van der Waals surface area (Å²) in [5, 5.41) is 11.1. The summed E-state index contributed by atoms with van der Waals surface area (Å²) in [6, 6.07) is 14.0. The lowest BCUT2D eigenvalue weighted by molar-refractivity contribution is 0.0474. The van der Waals surface area contributed by atoms with Gasteiger partial charge in [-0.25, -0.2) is 9.78 Å². The quantitative estimate of drug-likeness (QED) is 0.253. The van der Waals surface area contributed by atoms with Gasteiger partial charge in [-0.2, -0.15) is 0 Å². The lowest BCUT2D eigenvalue weighted by Crippen LogP contribution is -2.16. The molecule has 0 atom stereocenters. The van der Waals surface area contributed by atoms with Gasteiger partial charge >= 0.3 is 5.97 Å². The molecule has 2 N–H and O–H groups in total. The number of aromatic nitrogens is 2. The van der Waals surface area contributed by atoms with E-state index in [-0.39, 0.29) is 31.2 Å². The number of ketones is 1. The predicted octanol–water partition coefficient (Wildman–Crippen LogP) is 4.05. The van der Waals surface area contributed by atoms with Crippen molar-refractivity contribution in [2.45, 2.75) is 33.0 Å². The van der Waals surface area contributed by atoms with E-state index < -0.39 is 11.5 Å². The first-order valence-corrected chi connectivity index (χ1v) is 12.0. The standard InChI is InChI=1S/C26H24N2O6S/c1-2-33-20-5-3-4-16(12-20)8-11-21(30)23-27-24(31)22-19(15-35-25(22)28-23)14-34-26(32)18-9-6-17(13-29)7-10-18/h3-7,9-10,12,15,29H,2,8,11,13-14H2,1H3,(H,27,28,31). The molecule has 9 heteroatoms. The first-order chi connectivity index (χ1) is 17.0. The molecule has 2 aromatic heterocycles. The Morgan fingerprint density at radius 1 is 1.11 bits per heavy atom. The van der Waals surface area contributed by atoms with Crippen molar-refractivity contribution in [3.63, 3.8) is 0 Å². The molecule has 35 heavy (non-hydrogen) atoms. The molecule has 8 nitrogen and oxygen atoms in total. The number of aliphatic hydroxyl groups is 1. The predicted molar refractivity (Wildman–Crippen MR) is 132 cm³/mol. The Balaban J connectivity index is 1.43. The lowest BCUT2D eigenvalue weighted by Gasteiger charge is -2.06. The van der Waals surface area contributed by atoms with Gasteiger partial charge in [0.1, 0.15) is 17.2 Å². The van der Waals surface area contributed by atoms with E-state index in [9.17, 15) is 14.4 Å². The normalized spacial score (nSPS) is 10.9. The number of nitrogens with zero attached hydrogens (tertiary/aromatic N) is 1. The van der Waals surface area contributed by atoms with Gasteiger partial charge in [0.05, 0.1) is 24.2 Å². The number of carbonyl (C=O) groups excluding carboxylic acids is 2. The minimum absolute atomic E-state index is 0.0119. The van der Waals surface area contributed by atoms with Crippen molar-refractivity contribution in [1.82, 2.24) is 9.97 Å². The van der Waals surface area contributed by atoms with E-state index in [1.165, 1.54) is 11.3 Å². The van der Waals surface area contributed by atoms with Crippen molar-refractivity contribution in [3.8, 4) is 5.75 Å². The third-order valence-corrected chi connectivity index (χ3v) is 6.29. The van der Waals surface area contributed by atoms with Crippen molar-refractivity contribution in [3.05, 3.63) is 92.3 Å². The zero-order valence-electron chi connectivity index (χ0n) is 19.1. The summed E-state index contributed by atoms with van der Waals surface area (Å²) in [6.45, 7) is 2.26. The molecule has 4 aromatic rings. The van der Waals surface area contributed by atoms with Gasteiger partial charge in [0.25, 0.3) is 5.56 Å². The molecule has 0 aliphatic rings. The number of aliphatic hydroxyl groups excluding tert-OH is 1. The van der Waals surface area contributed by atoms with Crippen LogP contribution < -0.4 is 10.3 Å². The van der Waals surface area contributed by atoms with E-state index in [1.807, 2.05) is 31.2 Å². The highest BCUT2D eigenvalue weighted by atomic mass is 32.1. The topological polar surface area (TPSA) is 119 Å². The van der Waals surface area contributed by atoms with E-state index in [0.29, 0.717) is 39.9 Å². The number of H-pyrrole nitrogens is 1. The number of ether oxygens (including phenoxy) is 2. The zero-order chi connectivity index (χ0) is 24.8. The number of aromatic amines is 1. The largest absolute Gasteiger partial charge is 0.494 e. The molecule has 180 valence electrons. The monoisotopic (exact) mass is 492 g/mol. The molecule has 0 aliphatic carbocycles. The minimum atomic E-state index is -0.543. The summed E-state index contributed by atoms with van der Waals surface area (Å²) in [4.78, 5) is 45.1. The summed E-state index contributed by atoms with van der Waals surface area (Å²) in [7, 11) is 0. The number of esters is 1. The number of fused-ring (bicyclic) bond motifs is 1. The fourth-order valence-electron chi connectivity index (χ4n) is 3.55. The van der Waals surface area contributed by atoms with Crippen molar-refractivity contribution in [2.24, 2.45) is 0 Å². The average molecular weight is 493 g/mol. The number of Topliss-reactive ketones (excluding diaryl/α,β-unsaturated/α-hetero) is 1. The van der Waals surface area contributed by atoms with Crippen LogP contribution >= 0.6 is 11.3 Å². The van der Waals surface area contributed by atoms with E-state index in [4.69, 9.17) is 14.6 Å². The number of hydrogen-bond donors (Lipinski definition) is 2. The van der Waals surface area contributed by atoms with Gasteiger partial charge in [-0.1, -0.05) is 24.3 Å². The number of thiophene rings is 1. The maximum atomic E-state index is 12.7. The second-order valence-corrected chi connectivity index (χ2v) is 8.65. The third-order valence-electron chi connectivity index (χ3n) is 5.37. The number of aryl methyl sites for hydroxylation is 1. The first-order valence-electron chi connectivity index (χ1n) is 11.1. The Bertz CT molecular complexity index is 1410. The van der Waals surface area contributed by atoms with Gasteiger partial charge < -0.3 is 19.6 Å². The fourth-order valence-corrected chi connectivity index (χ4v) is 4.48. The van der Waals surface area contributed by atoms with E-state index in [0.717, 1.165) is 11.3 Å². The second-order valence-electron chi connectivity index (χ2n) is 7.79. The molecule has 4 rings (SSSR count). The molecule has 0 unspecified atom stereocenters. The Kier molecular flexibility index (Phi) is 7.69. The van der Waals surface area contributed by atoms with E-state index in [1.54, 1.807) is 29.6 Å². The molecule has 0 aliphatic heterocycles. The van der Waals surface area contributed by atoms with E-state index >= 15 is 0 Å². The maximum absolute atomic E-state index is 12.7. The molecule has 0 saturated heterocycles. The molecular weight excluding hydrogens is 468 g/mol. The molecule has 0 fully saturated rings. The van der Waals surface area contributed by atoms with Gasteiger partial charge in [0.15, 0.2) is 11.6 Å². The van der Waals surface area contributed by atoms with Crippen LogP contribution in [0.3, 0.4) is 0 Å². The first kappa shape index (κ1) is 24.3. The van der Waals surface area contributed by atoms with Crippen LogP contribution in [0.2, 0.25) is 0 Å². The smallest absolute Gasteiger partial charge is 0.338 e. The van der Waals surface area contributed by atoms with E-state index in [2.05, 4.69) is 9.97 Å². The maximum Gasteiger partial charge on any atom is 0.338 e. The molecule has 0 spiro atoms. The van der Waals surface area contributed by atoms with Gasteiger partial charge in [-0.3, -0.25) is 9.59 Å². The second kappa shape index (κ2) is 11.1. The molecule has 2 heterocycles. The zero-order valence-corrected chi connectivity index (χ0v) is 19.9. The Morgan fingerprint density at radius 2 is 1.91 bits per heavy atom. The van der Waals surface area contributed by atoms with Crippen LogP contribution in [0.25, 0.3) is 10.2 Å². The summed E-state index contributed by atoms with van der Waals surface area (Å²) in [5.41, 5.74) is 2.06. The highest BCUT2D eigenvalue weighted by Gasteiger charge is 2.17. The molecule has 0 saturated carbocycles. The molecule has 0 amide bonds. The van der Waals surface area contributed by atoms with Gasteiger partial charge in [-0.15, -0.1) is 11.3 Å². The van der Waals surface area contributed by atoms with Gasteiger partial charge in [0.2, 0.25) is 0 Å². The van der Waals surface area contributed by atoms with Crippen LogP contribution in [0.5, 0.6) is 5.75 Å². The van der Waals surface area contributed by atoms with Crippen LogP contribution in [-0.4, -0.2) is 33.4 Å². The van der Waals surface area contributed by atoms with Gasteiger partial charge in [0, 0.05) is 17.4 Å². The number of carbonyl (C=O) groups is 2. The summed E-state index contributed by atoms with van der Waals surface area (Å²) >= 11 is 1.22. The van der Waals surface area contributed by atoms with Crippen molar-refractivity contribution in [2.75, 3.05) is 6.61 Å². The number of benzene rings is 2. The average Bonchev–Trinajstić information content (AvgIpc) is 3.30. The molecular formula is C26H24N2O6S. The number of nitrogens with one attached hydrogen (secondary N) is 1. The lowest BCUT2D eigenvalue weighted by atomic mass is 10.1. The number of rotatable bonds is 10.